The predicted octanol–water partition coefficient (Wildman–Crippen LogP) is 1.57. The molecule has 1 aromatic heterocycles. The Labute approximate surface area is 119 Å². The van der Waals surface area contributed by atoms with E-state index < -0.39 is 0 Å². The van der Waals surface area contributed by atoms with Gasteiger partial charge in [0.1, 0.15) is 0 Å². The van der Waals surface area contributed by atoms with Crippen molar-refractivity contribution in [2.24, 2.45) is 0 Å². The summed E-state index contributed by atoms with van der Waals surface area (Å²) in [6, 6.07) is 7.89. The molecule has 1 aliphatic heterocycles. The summed E-state index contributed by atoms with van der Waals surface area (Å²) in [6.45, 7) is 8.19. The fourth-order valence-corrected chi connectivity index (χ4v) is 2.12. The van der Waals surface area contributed by atoms with Crippen LogP contribution in [0.4, 0.5) is 0 Å². The molecule has 2 aromatic rings. The molecule has 1 fully saturated rings. The fraction of sp³-hybridized carbons (Fsp3) is 0.429. The van der Waals surface area contributed by atoms with Gasteiger partial charge in [-0.1, -0.05) is 12.1 Å². The van der Waals surface area contributed by atoms with Crippen LogP contribution in [0.2, 0.25) is 0 Å². The maximum Gasteiger partial charge on any atom is 0.494 e. The van der Waals surface area contributed by atoms with Gasteiger partial charge in [-0.25, -0.2) is 0 Å². The van der Waals surface area contributed by atoms with Gasteiger partial charge >= 0.3 is 7.12 Å². The molecule has 1 saturated heterocycles. The number of aromatic nitrogens is 3. The van der Waals surface area contributed by atoms with Gasteiger partial charge in [0.15, 0.2) is 0 Å². The zero-order chi connectivity index (χ0) is 14.4. The lowest BCUT2D eigenvalue weighted by atomic mass is 9.79. The van der Waals surface area contributed by atoms with Gasteiger partial charge in [0.05, 0.1) is 29.3 Å². The molecule has 0 N–H and O–H groups in total. The maximum absolute atomic E-state index is 6.05. The first-order valence-corrected chi connectivity index (χ1v) is 6.71. The van der Waals surface area contributed by atoms with Crippen LogP contribution in [0.25, 0.3) is 5.69 Å². The van der Waals surface area contributed by atoms with E-state index >= 15 is 0 Å². The summed E-state index contributed by atoms with van der Waals surface area (Å²) in [7, 11) is -0.365. The lowest BCUT2D eigenvalue weighted by molar-refractivity contribution is 0.00578. The molecule has 0 aliphatic carbocycles. The highest BCUT2D eigenvalue weighted by Gasteiger charge is 2.51. The van der Waals surface area contributed by atoms with E-state index in [1.807, 2.05) is 52.0 Å². The Morgan fingerprint density at radius 3 is 2.20 bits per heavy atom. The van der Waals surface area contributed by atoms with Gasteiger partial charge in [-0.15, -0.1) is 0 Å². The molecule has 1 aliphatic rings. The minimum Gasteiger partial charge on any atom is -0.399 e. The highest BCUT2D eigenvalue weighted by Crippen LogP contribution is 2.36. The van der Waals surface area contributed by atoms with Gasteiger partial charge in [0.2, 0.25) is 0 Å². The summed E-state index contributed by atoms with van der Waals surface area (Å²) < 4.78 is 12.1. The predicted molar refractivity (Wildman–Crippen MR) is 77.1 cm³/mol. The fourth-order valence-electron chi connectivity index (χ4n) is 2.12. The van der Waals surface area contributed by atoms with Crippen LogP contribution >= 0.6 is 0 Å². The molecule has 3 rings (SSSR count). The Morgan fingerprint density at radius 2 is 1.60 bits per heavy atom. The van der Waals surface area contributed by atoms with E-state index in [-0.39, 0.29) is 18.3 Å². The maximum atomic E-state index is 6.05. The lowest BCUT2D eigenvalue weighted by Gasteiger charge is -2.32. The quantitative estimate of drug-likeness (QED) is 0.778. The van der Waals surface area contributed by atoms with Crippen LogP contribution < -0.4 is 5.46 Å². The Morgan fingerprint density at radius 1 is 1.00 bits per heavy atom. The molecule has 0 saturated carbocycles. The summed E-state index contributed by atoms with van der Waals surface area (Å²) in [5, 5.41) is 8.27. The number of hydrogen-bond donors (Lipinski definition) is 0. The monoisotopic (exact) mass is 271 g/mol. The second kappa shape index (κ2) is 4.43. The SMILES string of the molecule is CC1(C)OB(c2cccc(-n3nccn3)c2)OC1(C)C. The van der Waals surface area contributed by atoms with Crippen molar-refractivity contribution >= 4 is 12.6 Å². The van der Waals surface area contributed by atoms with Crippen LogP contribution in [-0.2, 0) is 9.31 Å². The van der Waals surface area contributed by atoms with Crippen molar-refractivity contribution in [1.82, 2.24) is 15.0 Å². The molecular weight excluding hydrogens is 253 g/mol. The molecular formula is C14H18BN3O2. The molecule has 5 nitrogen and oxygen atoms in total. The first kappa shape index (κ1) is 13.3. The molecule has 104 valence electrons. The van der Waals surface area contributed by atoms with E-state index in [1.54, 1.807) is 17.2 Å². The molecule has 0 amide bonds. The number of nitrogens with zero attached hydrogens (tertiary/aromatic N) is 3. The average molecular weight is 271 g/mol. The summed E-state index contributed by atoms with van der Waals surface area (Å²) in [5.41, 5.74) is 1.19. The Bertz CT molecular complexity index is 595. The Balaban J connectivity index is 1.91. The molecule has 1 aromatic carbocycles. The third kappa shape index (κ3) is 2.15. The zero-order valence-corrected chi connectivity index (χ0v) is 12.2. The van der Waals surface area contributed by atoms with E-state index in [1.165, 1.54) is 0 Å². The van der Waals surface area contributed by atoms with Gasteiger partial charge in [0.25, 0.3) is 0 Å². The van der Waals surface area contributed by atoms with Crippen molar-refractivity contribution in [3.8, 4) is 5.69 Å². The number of benzene rings is 1. The van der Waals surface area contributed by atoms with Crippen LogP contribution in [0, 0.1) is 0 Å². The zero-order valence-electron chi connectivity index (χ0n) is 12.2. The van der Waals surface area contributed by atoms with Crippen LogP contribution in [0.3, 0.4) is 0 Å². The first-order valence-electron chi connectivity index (χ1n) is 6.71. The van der Waals surface area contributed by atoms with Crippen molar-refractivity contribution in [3.63, 3.8) is 0 Å². The van der Waals surface area contributed by atoms with E-state index in [0.717, 1.165) is 11.2 Å². The van der Waals surface area contributed by atoms with Crippen molar-refractivity contribution in [3.05, 3.63) is 36.7 Å². The third-order valence-corrected chi connectivity index (χ3v) is 4.05. The van der Waals surface area contributed by atoms with Crippen molar-refractivity contribution in [1.29, 1.82) is 0 Å². The first-order chi connectivity index (χ1) is 9.39. The van der Waals surface area contributed by atoms with Gasteiger partial charge in [0, 0.05) is 0 Å². The second-order valence-electron chi connectivity index (χ2n) is 6.00. The smallest absolute Gasteiger partial charge is 0.399 e. The topological polar surface area (TPSA) is 49.2 Å². The third-order valence-electron chi connectivity index (χ3n) is 4.05. The summed E-state index contributed by atoms with van der Waals surface area (Å²) in [4.78, 5) is 1.58. The van der Waals surface area contributed by atoms with Gasteiger partial charge < -0.3 is 9.31 Å². The Hall–Kier alpha value is -1.66. The summed E-state index contributed by atoms with van der Waals surface area (Å²) in [5.74, 6) is 0. The van der Waals surface area contributed by atoms with E-state index in [2.05, 4.69) is 10.2 Å². The molecule has 20 heavy (non-hydrogen) atoms. The molecule has 0 atom stereocenters. The summed E-state index contributed by atoms with van der Waals surface area (Å²) in [6.07, 6.45) is 3.31. The lowest BCUT2D eigenvalue weighted by Crippen LogP contribution is -2.41. The van der Waals surface area contributed by atoms with Crippen LogP contribution in [0.1, 0.15) is 27.7 Å². The highest BCUT2D eigenvalue weighted by molar-refractivity contribution is 6.62. The largest absolute Gasteiger partial charge is 0.494 e. The Kier molecular flexibility index (Phi) is 2.95. The van der Waals surface area contributed by atoms with E-state index in [0.29, 0.717) is 0 Å². The minimum atomic E-state index is -0.365. The normalized spacial score (nSPS) is 20.3. The van der Waals surface area contributed by atoms with Crippen LogP contribution in [-0.4, -0.2) is 33.3 Å². The van der Waals surface area contributed by atoms with Crippen molar-refractivity contribution in [2.75, 3.05) is 0 Å². The number of hydrogen-bond acceptors (Lipinski definition) is 4. The molecule has 6 heteroatoms. The molecule has 2 heterocycles. The average Bonchev–Trinajstić information content (AvgIpc) is 2.97. The highest BCUT2D eigenvalue weighted by atomic mass is 16.7. The van der Waals surface area contributed by atoms with Crippen LogP contribution in [0.5, 0.6) is 0 Å². The minimum absolute atomic E-state index is 0.336. The van der Waals surface area contributed by atoms with Gasteiger partial charge in [-0.2, -0.15) is 15.0 Å². The van der Waals surface area contributed by atoms with Gasteiger partial charge in [-0.05, 0) is 45.3 Å². The second-order valence-corrected chi connectivity index (χ2v) is 6.00. The van der Waals surface area contributed by atoms with E-state index in [4.69, 9.17) is 9.31 Å². The summed E-state index contributed by atoms with van der Waals surface area (Å²) >= 11 is 0. The molecule has 0 radical (unpaired) electrons. The van der Waals surface area contributed by atoms with Gasteiger partial charge in [-0.3, -0.25) is 0 Å². The van der Waals surface area contributed by atoms with E-state index in [9.17, 15) is 0 Å². The van der Waals surface area contributed by atoms with Crippen LogP contribution in [0.15, 0.2) is 36.7 Å². The molecule has 0 spiro atoms. The van der Waals surface area contributed by atoms with Crippen molar-refractivity contribution in [2.45, 2.75) is 38.9 Å². The molecule has 0 bridgehead atoms. The standard InChI is InChI=1S/C14H18BN3O2/c1-13(2)14(3,4)20-15(19-13)11-6-5-7-12(10-11)18-16-8-9-17-18/h5-10H,1-4H3. The van der Waals surface area contributed by atoms with Crippen molar-refractivity contribution < 1.29 is 9.31 Å². The number of rotatable bonds is 2. The molecule has 0 unspecified atom stereocenters.